The molecule has 1 fully saturated rings. The molecule has 4 rings (SSSR count). The second-order valence-corrected chi connectivity index (χ2v) is 9.02. The van der Waals surface area contributed by atoms with Gasteiger partial charge < -0.3 is 5.11 Å². The van der Waals surface area contributed by atoms with Gasteiger partial charge in [-0.25, -0.2) is 9.07 Å². The second-order valence-electron chi connectivity index (χ2n) is 8.58. The lowest BCUT2D eigenvalue weighted by Gasteiger charge is -2.42. The number of halogens is 2. The van der Waals surface area contributed by atoms with E-state index >= 15 is 0 Å². The number of unbranched alkanes of at least 4 members (excludes halogenated alkanes) is 3. The van der Waals surface area contributed by atoms with Gasteiger partial charge in [0, 0.05) is 23.2 Å². The van der Waals surface area contributed by atoms with E-state index < -0.39 is 6.10 Å². The van der Waals surface area contributed by atoms with Crippen LogP contribution in [0.5, 0.6) is 0 Å². The van der Waals surface area contributed by atoms with Gasteiger partial charge in [0.05, 0.1) is 18.3 Å². The highest BCUT2D eigenvalue weighted by Gasteiger charge is 2.36. The molecule has 3 aromatic rings. The quantitative estimate of drug-likeness (QED) is 0.444. The van der Waals surface area contributed by atoms with Crippen LogP contribution in [0, 0.1) is 5.82 Å². The fraction of sp³-hybridized carbons (Fsp3) is 0.440. The molecule has 3 atom stereocenters. The van der Waals surface area contributed by atoms with Crippen LogP contribution in [0.15, 0.2) is 54.7 Å². The van der Waals surface area contributed by atoms with E-state index in [0.717, 1.165) is 30.0 Å². The Hall–Kier alpha value is -2.28. The average Bonchev–Trinajstić information content (AvgIpc) is 3.28. The molecular weight excluding hydrogens is 427 g/mol. The smallest absolute Gasteiger partial charge is 0.123 e. The molecule has 0 unspecified atom stereocenters. The minimum atomic E-state index is -0.549. The van der Waals surface area contributed by atoms with Crippen LogP contribution in [0.4, 0.5) is 4.39 Å². The molecule has 0 aliphatic carbocycles. The molecule has 1 saturated heterocycles. The molecule has 1 aliphatic rings. The van der Waals surface area contributed by atoms with Crippen LogP contribution in [0.2, 0.25) is 5.02 Å². The number of hydrogen-bond donors (Lipinski definition) is 1. The fourth-order valence-corrected chi connectivity index (χ4v) is 4.65. The van der Waals surface area contributed by atoms with Crippen molar-refractivity contribution in [2.45, 2.75) is 57.2 Å². The number of hydrogen-bond acceptors (Lipinski definition) is 4. The zero-order valence-electron chi connectivity index (χ0n) is 18.4. The molecule has 0 saturated carbocycles. The van der Waals surface area contributed by atoms with E-state index in [1.807, 2.05) is 18.3 Å². The molecule has 0 radical (unpaired) electrons. The summed E-state index contributed by atoms with van der Waals surface area (Å²) in [6.07, 6.45) is 6.77. The average molecular weight is 457 g/mol. The van der Waals surface area contributed by atoms with Crippen LogP contribution in [0.1, 0.15) is 56.7 Å². The SMILES string of the molecule is CCCCCCN1C[C@H](O)[C@@H](n2cc(-c3ccc(F)cc3)nn2)C[C@@H]1c1ccc(Cl)cc1. The van der Waals surface area contributed by atoms with Gasteiger partial charge in [0.1, 0.15) is 11.5 Å². The van der Waals surface area contributed by atoms with E-state index in [0.29, 0.717) is 12.2 Å². The van der Waals surface area contributed by atoms with Gasteiger partial charge in [-0.1, -0.05) is 55.1 Å². The minimum absolute atomic E-state index is 0.167. The molecule has 7 heteroatoms. The van der Waals surface area contributed by atoms with E-state index in [1.54, 1.807) is 16.8 Å². The van der Waals surface area contributed by atoms with Crippen LogP contribution < -0.4 is 0 Å². The first-order chi connectivity index (χ1) is 15.5. The van der Waals surface area contributed by atoms with Gasteiger partial charge in [-0.2, -0.15) is 0 Å². The predicted octanol–water partition coefficient (Wildman–Crippen LogP) is 5.67. The van der Waals surface area contributed by atoms with Gasteiger partial charge in [0.2, 0.25) is 0 Å². The van der Waals surface area contributed by atoms with Gasteiger partial charge in [0.25, 0.3) is 0 Å². The first-order valence-electron chi connectivity index (χ1n) is 11.4. The highest BCUT2D eigenvalue weighted by molar-refractivity contribution is 6.30. The van der Waals surface area contributed by atoms with Gasteiger partial charge >= 0.3 is 0 Å². The Morgan fingerprint density at radius 3 is 2.53 bits per heavy atom. The number of benzene rings is 2. The van der Waals surface area contributed by atoms with Gasteiger partial charge in [-0.05, 0) is 61.3 Å². The third-order valence-electron chi connectivity index (χ3n) is 6.31. The summed E-state index contributed by atoms with van der Waals surface area (Å²) in [6.45, 7) is 3.75. The molecule has 0 amide bonds. The monoisotopic (exact) mass is 456 g/mol. The highest BCUT2D eigenvalue weighted by atomic mass is 35.5. The Balaban J connectivity index is 1.55. The van der Waals surface area contributed by atoms with Crippen molar-refractivity contribution in [1.29, 1.82) is 0 Å². The van der Waals surface area contributed by atoms with E-state index in [1.165, 1.54) is 37.0 Å². The molecule has 2 aromatic carbocycles. The number of nitrogens with zero attached hydrogens (tertiary/aromatic N) is 4. The summed E-state index contributed by atoms with van der Waals surface area (Å²) in [5.41, 5.74) is 2.66. The predicted molar refractivity (Wildman–Crippen MR) is 125 cm³/mol. The van der Waals surface area contributed by atoms with Crippen molar-refractivity contribution in [3.05, 3.63) is 71.1 Å². The highest BCUT2D eigenvalue weighted by Crippen LogP contribution is 2.37. The van der Waals surface area contributed by atoms with Crippen molar-refractivity contribution in [3.63, 3.8) is 0 Å². The number of β-amino-alcohol motifs (C(OH)–C–C–N with tert-alkyl or cyclic N) is 1. The molecule has 1 aliphatic heterocycles. The minimum Gasteiger partial charge on any atom is -0.390 e. The third kappa shape index (κ3) is 5.37. The molecule has 0 spiro atoms. The van der Waals surface area contributed by atoms with E-state index in [-0.39, 0.29) is 17.9 Å². The lowest BCUT2D eigenvalue weighted by atomic mass is 9.89. The summed E-state index contributed by atoms with van der Waals surface area (Å²) in [4.78, 5) is 2.39. The molecule has 170 valence electrons. The van der Waals surface area contributed by atoms with Crippen LogP contribution in [0.25, 0.3) is 11.3 Å². The summed E-state index contributed by atoms with van der Waals surface area (Å²) < 4.78 is 15.0. The normalized spacial score (nSPS) is 21.7. The Bertz CT molecular complexity index is 992. The molecule has 32 heavy (non-hydrogen) atoms. The number of aromatic nitrogens is 3. The van der Waals surface area contributed by atoms with Crippen molar-refractivity contribution in [1.82, 2.24) is 19.9 Å². The molecule has 1 aromatic heterocycles. The number of aliphatic hydroxyl groups is 1. The second kappa shape index (κ2) is 10.6. The van der Waals surface area contributed by atoms with E-state index in [2.05, 4.69) is 34.3 Å². The van der Waals surface area contributed by atoms with Crippen molar-refractivity contribution in [2.75, 3.05) is 13.1 Å². The Morgan fingerprint density at radius 2 is 1.81 bits per heavy atom. The van der Waals surface area contributed by atoms with Gasteiger partial charge in [-0.3, -0.25) is 4.90 Å². The lowest BCUT2D eigenvalue weighted by molar-refractivity contribution is -0.0102. The zero-order chi connectivity index (χ0) is 22.5. The van der Waals surface area contributed by atoms with Crippen molar-refractivity contribution < 1.29 is 9.50 Å². The maximum absolute atomic E-state index is 13.3. The Morgan fingerprint density at radius 1 is 1.06 bits per heavy atom. The summed E-state index contributed by atoms with van der Waals surface area (Å²) in [5.74, 6) is -0.284. The fourth-order valence-electron chi connectivity index (χ4n) is 4.52. The van der Waals surface area contributed by atoms with E-state index in [9.17, 15) is 9.50 Å². The summed E-state index contributed by atoms with van der Waals surface area (Å²) in [6, 6.07) is 14.2. The zero-order valence-corrected chi connectivity index (χ0v) is 19.1. The van der Waals surface area contributed by atoms with Crippen molar-refractivity contribution in [3.8, 4) is 11.3 Å². The van der Waals surface area contributed by atoms with Crippen molar-refractivity contribution in [2.24, 2.45) is 0 Å². The van der Waals surface area contributed by atoms with Crippen LogP contribution in [-0.4, -0.2) is 44.2 Å². The Kier molecular flexibility index (Phi) is 7.55. The first kappa shape index (κ1) is 22.9. The topological polar surface area (TPSA) is 54.2 Å². The van der Waals surface area contributed by atoms with Crippen molar-refractivity contribution >= 4 is 11.6 Å². The molecule has 1 N–H and O–H groups in total. The first-order valence-corrected chi connectivity index (χ1v) is 11.8. The number of likely N-dealkylation sites (tertiary alicyclic amines) is 1. The number of piperidine rings is 1. The standard InChI is InChI=1S/C25H30ClFN4O/c1-2-3-4-5-14-30-17-25(32)24(15-23(30)19-6-10-20(26)11-7-19)31-16-22(28-29-31)18-8-12-21(27)13-9-18/h6-13,16,23-25,32H,2-5,14-15,17H2,1H3/t23-,24+,25+/m1/s1. The lowest BCUT2D eigenvalue weighted by Crippen LogP contribution is -2.46. The van der Waals surface area contributed by atoms with Gasteiger partial charge in [0.15, 0.2) is 0 Å². The summed E-state index contributed by atoms with van der Waals surface area (Å²) in [7, 11) is 0. The Labute approximate surface area is 193 Å². The molecule has 0 bridgehead atoms. The molecule has 5 nitrogen and oxygen atoms in total. The summed E-state index contributed by atoms with van der Waals surface area (Å²) in [5, 5.41) is 20.3. The van der Waals surface area contributed by atoms with Crippen LogP contribution in [-0.2, 0) is 0 Å². The van der Waals surface area contributed by atoms with Gasteiger partial charge in [-0.15, -0.1) is 5.10 Å². The summed E-state index contributed by atoms with van der Waals surface area (Å²) >= 11 is 6.12. The largest absolute Gasteiger partial charge is 0.390 e. The maximum Gasteiger partial charge on any atom is 0.123 e. The molecular formula is C25H30ClFN4O. The van der Waals surface area contributed by atoms with Crippen LogP contribution in [0.3, 0.4) is 0 Å². The maximum atomic E-state index is 13.3. The number of rotatable bonds is 8. The molecule has 2 heterocycles. The third-order valence-corrected chi connectivity index (χ3v) is 6.57. The van der Waals surface area contributed by atoms with E-state index in [4.69, 9.17) is 11.6 Å². The van der Waals surface area contributed by atoms with Crippen LogP contribution >= 0.6 is 11.6 Å². The number of aliphatic hydroxyl groups excluding tert-OH is 1.